The van der Waals surface area contributed by atoms with E-state index in [0.717, 1.165) is 0 Å². The van der Waals surface area contributed by atoms with Crippen molar-refractivity contribution >= 4 is 5.97 Å². The number of aliphatic carboxylic acids is 1. The van der Waals surface area contributed by atoms with Crippen molar-refractivity contribution in [2.75, 3.05) is 19.6 Å². The molecule has 0 bridgehead atoms. The first-order valence-electron chi connectivity index (χ1n) is 4.57. The Morgan fingerprint density at radius 1 is 1.18 bits per heavy atom. The molecule has 3 nitrogen and oxygen atoms in total. The predicted molar refractivity (Wildman–Crippen MR) is 43.2 cm³/mol. The van der Waals surface area contributed by atoms with Gasteiger partial charge >= 0.3 is 18.3 Å². The molecule has 1 aliphatic heterocycles. The molecular formula is C8H9F6NO2. The molecule has 0 amide bonds. The first kappa shape index (κ1) is 14.1. The van der Waals surface area contributed by atoms with E-state index in [9.17, 15) is 31.1 Å². The Morgan fingerprint density at radius 3 is 1.94 bits per heavy atom. The number of halogens is 6. The summed E-state index contributed by atoms with van der Waals surface area (Å²) in [7, 11) is 0. The van der Waals surface area contributed by atoms with Crippen LogP contribution in [0.1, 0.15) is 6.42 Å². The van der Waals surface area contributed by atoms with E-state index in [1.807, 2.05) is 0 Å². The fourth-order valence-electron chi connectivity index (χ4n) is 1.84. The van der Waals surface area contributed by atoms with E-state index in [1.54, 1.807) is 0 Å². The van der Waals surface area contributed by atoms with E-state index in [4.69, 9.17) is 5.11 Å². The van der Waals surface area contributed by atoms with Crippen LogP contribution in [-0.4, -0.2) is 48.0 Å². The second-order valence-corrected chi connectivity index (χ2v) is 3.93. The summed E-state index contributed by atoms with van der Waals surface area (Å²) < 4.78 is 75.2. The van der Waals surface area contributed by atoms with Gasteiger partial charge in [-0.25, -0.2) is 0 Å². The monoisotopic (exact) mass is 265 g/mol. The Kier molecular flexibility index (Phi) is 3.34. The summed E-state index contributed by atoms with van der Waals surface area (Å²) in [6, 6.07) is 0. The van der Waals surface area contributed by atoms with Crippen LogP contribution < -0.4 is 0 Å². The minimum Gasteiger partial charge on any atom is -0.480 e. The largest absolute Gasteiger partial charge is 0.480 e. The number of carboxylic acids is 1. The predicted octanol–water partition coefficient (Wildman–Crippen LogP) is 1.89. The summed E-state index contributed by atoms with van der Waals surface area (Å²) >= 11 is 0. The van der Waals surface area contributed by atoms with Gasteiger partial charge in [0.1, 0.15) is 0 Å². The molecule has 1 N–H and O–H groups in total. The average Bonchev–Trinajstić information content (AvgIpc) is 2.45. The van der Waals surface area contributed by atoms with E-state index in [0.29, 0.717) is 4.90 Å². The third-order valence-electron chi connectivity index (χ3n) is 2.79. The van der Waals surface area contributed by atoms with Gasteiger partial charge in [-0.3, -0.25) is 9.69 Å². The fraction of sp³-hybridized carbons (Fsp3) is 0.875. The van der Waals surface area contributed by atoms with Gasteiger partial charge in [-0.05, 0) is 6.42 Å². The summed E-state index contributed by atoms with van der Waals surface area (Å²) in [5.74, 6) is -1.45. The maximum Gasteiger partial charge on any atom is 0.404 e. The molecule has 0 aromatic rings. The van der Waals surface area contributed by atoms with Gasteiger partial charge in [-0.15, -0.1) is 0 Å². The lowest BCUT2D eigenvalue weighted by molar-refractivity contribution is -0.335. The van der Waals surface area contributed by atoms with Crippen molar-refractivity contribution in [1.82, 2.24) is 4.90 Å². The van der Waals surface area contributed by atoms with Crippen molar-refractivity contribution in [1.29, 1.82) is 0 Å². The molecule has 0 aliphatic carbocycles. The van der Waals surface area contributed by atoms with E-state index >= 15 is 0 Å². The van der Waals surface area contributed by atoms with E-state index < -0.39 is 49.8 Å². The van der Waals surface area contributed by atoms with E-state index in [-0.39, 0.29) is 0 Å². The first-order valence-corrected chi connectivity index (χ1v) is 4.57. The normalized spacial score (nSPS) is 21.8. The van der Waals surface area contributed by atoms with Crippen LogP contribution in [0, 0.1) is 5.41 Å². The van der Waals surface area contributed by atoms with Crippen LogP contribution in [0.5, 0.6) is 0 Å². The van der Waals surface area contributed by atoms with Crippen LogP contribution in [0.4, 0.5) is 26.3 Å². The summed E-state index contributed by atoms with van der Waals surface area (Å²) in [6.07, 6.45) is -12.0. The van der Waals surface area contributed by atoms with Crippen LogP contribution in [0.15, 0.2) is 0 Å². The molecule has 1 fully saturated rings. The molecule has 100 valence electrons. The molecule has 0 aromatic heterocycles. The fourth-order valence-corrected chi connectivity index (χ4v) is 1.84. The number of nitrogens with zero attached hydrogens (tertiary/aromatic N) is 1. The van der Waals surface area contributed by atoms with Crippen LogP contribution in [0.2, 0.25) is 0 Å². The Bertz CT molecular complexity index is 296. The zero-order valence-corrected chi connectivity index (χ0v) is 8.40. The molecule has 0 saturated carbocycles. The smallest absolute Gasteiger partial charge is 0.404 e. The SMILES string of the molecule is O=C(O)CN1CCC(C(F)(F)F)(C(F)(F)F)C1. The zero-order chi connectivity index (χ0) is 13.5. The Labute approximate surface area is 92.0 Å². The lowest BCUT2D eigenvalue weighted by Gasteiger charge is -2.33. The second kappa shape index (κ2) is 4.04. The van der Waals surface area contributed by atoms with Crippen LogP contribution in [-0.2, 0) is 4.79 Å². The van der Waals surface area contributed by atoms with Crippen molar-refractivity contribution in [3.63, 3.8) is 0 Å². The highest BCUT2D eigenvalue weighted by Gasteiger charge is 2.72. The van der Waals surface area contributed by atoms with Gasteiger partial charge in [-0.1, -0.05) is 0 Å². The number of rotatable bonds is 2. The highest BCUT2D eigenvalue weighted by Crippen LogP contribution is 2.55. The van der Waals surface area contributed by atoms with Crippen LogP contribution >= 0.6 is 0 Å². The molecule has 9 heteroatoms. The first-order chi connectivity index (χ1) is 7.49. The van der Waals surface area contributed by atoms with Crippen molar-refractivity contribution in [2.24, 2.45) is 5.41 Å². The molecule has 1 heterocycles. The molecule has 0 aromatic carbocycles. The summed E-state index contributed by atoms with van der Waals surface area (Å²) in [5, 5.41) is 8.35. The number of alkyl halides is 6. The van der Waals surface area contributed by atoms with Gasteiger partial charge in [0.15, 0.2) is 5.41 Å². The van der Waals surface area contributed by atoms with Crippen LogP contribution in [0.25, 0.3) is 0 Å². The van der Waals surface area contributed by atoms with E-state index in [2.05, 4.69) is 0 Å². The number of hydrogen-bond donors (Lipinski definition) is 1. The van der Waals surface area contributed by atoms with Gasteiger partial charge in [-0.2, -0.15) is 26.3 Å². The van der Waals surface area contributed by atoms with Gasteiger partial charge in [0.25, 0.3) is 0 Å². The highest BCUT2D eigenvalue weighted by atomic mass is 19.4. The highest BCUT2D eigenvalue weighted by molar-refractivity contribution is 5.69. The maximum absolute atomic E-state index is 12.5. The summed E-state index contributed by atoms with van der Waals surface area (Å²) in [6.45, 7) is -2.72. The topological polar surface area (TPSA) is 40.5 Å². The number of likely N-dealkylation sites (tertiary alicyclic amines) is 1. The van der Waals surface area contributed by atoms with Crippen molar-refractivity contribution in [2.45, 2.75) is 18.8 Å². The van der Waals surface area contributed by atoms with Gasteiger partial charge < -0.3 is 5.11 Å². The average molecular weight is 265 g/mol. The minimum absolute atomic E-state index is 0.536. The number of carboxylic acid groups (broad SMARTS) is 1. The molecular weight excluding hydrogens is 256 g/mol. The van der Waals surface area contributed by atoms with Gasteiger partial charge in [0.2, 0.25) is 0 Å². The zero-order valence-electron chi connectivity index (χ0n) is 8.40. The van der Waals surface area contributed by atoms with Crippen molar-refractivity contribution < 1.29 is 36.2 Å². The van der Waals surface area contributed by atoms with Gasteiger partial charge in [0, 0.05) is 13.1 Å². The Balaban J connectivity index is 2.95. The minimum atomic E-state index is -5.43. The van der Waals surface area contributed by atoms with Crippen molar-refractivity contribution in [3.05, 3.63) is 0 Å². The van der Waals surface area contributed by atoms with Crippen molar-refractivity contribution in [3.8, 4) is 0 Å². The molecule has 0 radical (unpaired) electrons. The molecule has 0 atom stereocenters. The Hall–Kier alpha value is -0.990. The number of carbonyl (C=O) groups is 1. The lowest BCUT2D eigenvalue weighted by Crippen LogP contribution is -2.52. The lowest BCUT2D eigenvalue weighted by atomic mass is 9.85. The summed E-state index contributed by atoms with van der Waals surface area (Å²) in [5.41, 5.74) is -3.81. The second-order valence-electron chi connectivity index (χ2n) is 3.93. The molecule has 1 saturated heterocycles. The molecule has 1 aliphatic rings. The standard InChI is InChI=1S/C8H9F6NO2/c9-7(10,11)6(8(12,13)14)1-2-15(4-6)3-5(16)17/h1-4H2,(H,16,17). The van der Waals surface area contributed by atoms with E-state index in [1.165, 1.54) is 0 Å². The Morgan fingerprint density at radius 2 is 1.65 bits per heavy atom. The molecule has 0 unspecified atom stereocenters. The third kappa shape index (κ3) is 2.48. The molecule has 0 spiro atoms. The molecule has 1 rings (SSSR count). The molecule has 17 heavy (non-hydrogen) atoms. The quantitative estimate of drug-likeness (QED) is 0.775. The third-order valence-corrected chi connectivity index (χ3v) is 2.79. The van der Waals surface area contributed by atoms with Gasteiger partial charge in [0.05, 0.1) is 6.54 Å². The van der Waals surface area contributed by atoms with Crippen LogP contribution in [0.3, 0.4) is 0 Å². The maximum atomic E-state index is 12.5. The summed E-state index contributed by atoms with van der Waals surface area (Å²) in [4.78, 5) is 10.9. The number of hydrogen-bond acceptors (Lipinski definition) is 2.